The Bertz CT molecular complexity index is 976. The zero-order valence-electron chi connectivity index (χ0n) is 17.7. The van der Waals surface area contributed by atoms with E-state index in [4.69, 9.17) is 9.47 Å². The first kappa shape index (κ1) is 21.5. The van der Waals surface area contributed by atoms with Crippen molar-refractivity contribution in [2.24, 2.45) is 0 Å². The number of carbonyl (C=O) groups is 1. The fraction of sp³-hybridized carbons (Fsp3) is 0.400. The number of hydrogen-bond donors (Lipinski definition) is 0. The fourth-order valence-corrected chi connectivity index (χ4v) is 4.46. The lowest BCUT2D eigenvalue weighted by Crippen LogP contribution is -2.41. The molecule has 1 aliphatic rings. The molecule has 4 heteroatoms. The predicted octanol–water partition coefficient (Wildman–Crippen LogP) is 5.54. The molecule has 0 aliphatic carbocycles. The average Bonchev–Trinajstić information content (AvgIpc) is 2.65. The van der Waals surface area contributed by atoms with E-state index in [0.717, 1.165) is 39.8 Å². The second kappa shape index (κ2) is 8.24. The number of halogens is 1. The van der Waals surface area contributed by atoms with E-state index in [0.29, 0.717) is 0 Å². The molecular formula is C25H27BrO3. The summed E-state index contributed by atoms with van der Waals surface area (Å²) < 4.78 is 11.0. The van der Waals surface area contributed by atoms with E-state index in [2.05, 4.69) is 67.6 Å². The van der Waals surface area contributed by atoms with Gasteiger partial charge in [-0.3, -0.25) is 4.79 Å². The first-order valence-electron chi connectivity index (χ1n) is 9.74. The van der Waals surface area contributed by atoms with Crippen LogP contribution in [0, 0.1) is 11.8 Å². The summed E-state index contributed by atoms with van der Waals surface area (Å²) in [6.07, 6.45) is 1.22. The van der Waals surface area contributed by atoms with E-state index >= 15 is 0 Å². The number of fused-ring (bicyclic) bond motifs is 1. The molecule has 1 heterocycles. The van der Waals surface area contributed by atoms with Crippen LogP contribution >= 0.6 is 15.9 Å². The Morgan fingerprint density at radius 2 is 1.76 bits per heavy atom. The zero-order valence-corrected chi connectivity index (χ0v) is 19.3. The number of alkyl halides is 1. The van der Waals surface area contributed by atoms with E-state index in [1.165, 1.54) is 12.7 Å². The summed E-state index contributed by atoms with van der Waals surface area (Å²) in [5.74, 6) is 7.28. The quantitative estimate of drug-likeness (QED) is 0.347. The summed E-state index contributed by atoms with van der Waals surface area (Å²) in [4.78, 5) is 11.4. The van der Waals surface area contributed by atoms with Crippen LogP contribution in [-0.2, 0) is 26.7 Å². The molecule has 2 aromatic carbocycles. The Kier molecular flexibility index (Phi) is 6.10. The predicted molar refractivity (Wildman–Crippen MR) is 120 cm³/mol. The summed E-state index contributed by atoms with van der Waals surface area (Å²) in [5.41, 5.74) is 4.97. The number of rotatable bonds is 3. The van der Waals surface area contributed by atoms with Crippen molar-refractivity contribution in [2.75, 3.05) is 7.11 Å². The van der Waals surface area contributed by atoms with Gasteiger partial charge in [0.15, 0.2) is 0 Å². The number of esters is 1. The van der Waals surface area contributed by atoms with Crippen molar-refractivity contribution < 1.29 is 14.3 Å². The molecular weight excluding hydrogens is 428 g/mol. The maximum absolute atomic E-state index is 11.4. The molecule has 0 atom stereocenters. The van der Waals surface area contributed by atoms with Crippen LogP contribution in [0.25, 0.3) is 0 Å². The summed E-state index contributed by atoms with van der Waals surface area (Å²) in [7, 11) is 1.40. The van der Waals surface area contributed by atoms with Crippen LogP contribution in [0.15, 0.2) is 36.4 Å². The van der Waals surface area contributed by atoms with Gasteiger partial charge < -0.3 is 9.47 Å². The second-order valence-electron chi connectivity index (χ2n) is 8.77. The number of ether oxygens (including phenoxy) is 2. The van der Waals surface area contributed by atoms with Gasteiger partial charge in [-0.2, -0.15) is 0 Å². The van der Waals surface area contributed by atoms with Crippen LogP contribution in [0.4, 0.5) is 0 Å². The van der Waals surface area contributed by atoms with Crippen molar-refractivity contribution >= 4 is 21.9 Å². The summed E-state index contributed by atoms with van der Waals surface area (Å²) >= 11 is 3.61. The molecule has 152 valence electrons. The molecule has 0 N–H and O–H groups in total. The zero-order chi connectivity index (χ0) is 21.2. The van der Waals surface area contributed by atoms with Crippen LogP contribution in [0.2, 0.25) is 0 Å². The van der Waals surface area contributed by atoms with Crippen LogP contribution in [0.3, 0.4) is 0 Å². The molecule has 0 saturated carbocycles. The SMILES string of the molecule is COC(=O)Cc1ccc(C#Cc2cc(CBr)c3c(c2)C(C)(C)CC(C)(C)O3)cc1. The van der Waals surface area contributed by atoms with E-state index in [1.807, 2.05) is 24.3 Å². The standard InChI is InChI=1S/C25H27BrO3/c1-24(2)16-25(3,4)29-23-20(15-26)12-19(13-21(23)24)11-8-17-6-9-18(10-7-17)14-22(27)28-5/h6-7,9-10,12-13H,14-16H2,1-5H3. The first-order valence-corrected chi connectivity index (χ1v) is 10.9. The van der Waals surface area contributed by atoms with Crippen molar-refractivity contribution in [1.82, 2.24) is 0 Å². The topological polar surface area (TPSA) is 35.5 Å². The lowest BCUT2D eigenvalue weighted by Gasteiger charge is -2.43. The Morgan fingerprint density at radius 3 is 2.38 bits per heavy atom. The van der Waals surface area contributed by atoms with Crippen molar-refractivity contribution in [2.45, 2.75) is 56.9 Å². The van der Waals surface area contributed by atoms with Gasteiger partial charge in [0, 0.05) is 27.6 Å². The summed E-state index contributed by atoms with van der Waals surface area (Å²) in [6, 6.07) is 12.0. The minimum Gasteiger partial charge on any atom is -0.487 e. The van der Waals surface area contributed by atoms with Gasteiger partial charge in [-0.1, -0.05) is 53.8 Å². The third-order valence-corrected chi connectivity index (χ3v) is 5.77. The van der Waals surface area contributed by atoms with Crippen LogP contribution < -0.4 is 4.74 Å². The van der Waals surface area contributed by atoms with Gasteiger partial charge in [0.25, 0.3) is 0 Å². The molecule has 1 aliphatic heterocycles. The highest BCUT2D eigenvalue weighted by Crippen LogP contribution is 2.47. The Labute approximate surface area is 181 Å². The molecule has 3 nitrogen and oxygen atoms in total. The molecule has 3 rings (SSSR count). The van der Waals surface area contributed by atoms with Crippen LogP contribution in [-0.4, -0.2) is 18.7 Å². The maximum Gasteiger partial charge on any atom is 0.309 e. The molecule has 0 radical (unpaired) electrons. The molecule has 2 aromatic rings. The number of carbonyl (C=O) groups excluding carboxylic acids is 1. The van der Waals surface area contributed by atoms with Crippen molar-refractivity contribution in [3.8, 4) is 17.6 Å². The molecule has 0 unspecified atom stereocenters. The summed E-state index contributed by atoms with van der Waals surface area (Å²) in [6.45, 7) is 8.83. The van der Waals surface area contributed by atoms with Crippen LogP contribution in [0.1, 0.15) is 61.9 Å². The molecule has 0 amide bonds. The van der Waals surface area contributed by atoms with Crippen LogP contribution in [0.5, 0.6) is 5.75 Å². The van der Waals surface area contributed by atoms with E-state index in [1.54, 1.807) is 0 Å². The maximum atomic E-state index is 11.4. The highest BCUT2D eigenvalue weighted by molar-refractivity contribution is 9.08. The lowest BCUT2D eigenvalue weighted by atomic mass is 9.73. The minimum atomic E-state index is -0.242. The Hall–Kier alpha value is -2.25. The largest absolute Gasteiger partial charge is 0.487 e. The van der Waals surface area contributed by atoms with Gasteiger partial charge in [0.2, 0.25) is 0 Å². The van der Waals surface area contributed by atoms with Gasteiger partial charge in [-0.05, 0) is 55.5 Å². The molecule has 0 bridgehead atoms. The van der Waals surface area contributed by atoms with Gasteiger partial charge in [0.1, 0.15) is 11.4 Å². The van der Waals surface area contributed by atoms with E-state index < -0.39 is 0 Å². The number of methoxy groups -OCH3 is 1. The Morgan fingerprint density at radius 1 is 1.10 bits per heavy atom. The highest BCUT2D eigenvalue weighted by atomic mass is 79.9. The molecule has 0 fully saturated rings. The molecule has 29 heavy (non-hydrogen) atoms. The number of benzene rings is 2. The summed E-state index contributed by atoms with van der Waals surface area (Å²) in [5, 5.41) is 0.721. The van der Waals surface area contributed by atoms with E-state index in [-0.39, 0.29) is 23.4 Å². The molecule has 0 aromatic heterocycles. The second-order valence-corrected chi connectivity index (χ2v) is 9.33. The van der Waals surface area contributed by atoms with Gasteiger partial charge in [-0.15, -0.1) is 0 Å². The Balaban J connectivity index is 1.91. The van der Waals surface area contributed by atoms with Gasteiger partial charge >= 0.3 is 5.97 Å². The molecule has 0 saturated heterocycles. The normalized spacial score (nSPS) is 16.1. The lowest BCUT2D eigenvalue weighted by molar-refractivity contribution is -0.139. The van der Waals surface area contributed by atoms with Crippen molar-refractivity contribution in [3.63, 3.8) is 0 Å². The van der Waals surface area contributed by atoms with Gasteiger partial charge in [-0.25, -0.2) is 0 Å². The smallest absolute Gasteiger partial charge is 0.309 e. The number of hydrogen-bond acceptors (Lipinski definition) is 3. The van der Waals surface area contributed by atoms with Crippen molar-refractivity contribution in [1.29, 1.82) is 0 Å². The third kappa shape index (κ3) is 5.03. The fourth-order valence-electron chi connectivity index (χ4n) is 4.04. The van der Waals surface area contributed by atoms with Crippen molar-refractivity contribution in [3.05, 3.63) is 64.2 Å². The molecule has 0 spiro atoms. The average molecular weight is 455 g/mol. The monoisotopic (exact) mass is 454 g/mol. The third-order valence-electron chi connectivity index (χ3n) is 5.17. The highest BCUT2D eigenvalue weighted by Gasteiger charge is 2.40. The van der Waals surface area contributed by atoms with Gasteiger partial charge in [0.05, 0.1) is 13.5 Å². The first-order chi connectivity index (χ1) is 13.6. The van der Waals surface area contributed by atoms with E-state index in [9.17, 15) is 4.79 Å². The minimum absolute atomic E-state index is 0.0151.